The Morgan fingerprint density at radius 3 is 1.02 bits per heavy atom. The highest BCUT2D eigenvalue weighted by molar-refractivity contribution is 5.76. The number of amides is 2. The van der Waals surface area contributed by atoms with Crippen molar-refractivity contribution < 1.29 is 14.1 Å². The Hall–Kier alpha value is -1.62. The number of unbranched alkanes of at least 4 members (excludes halogenated alkanes) is 22. The predicted molar refractivity (Wildman–Crippen MR) is 216 cm³/mol. The fourth-order valence-corrected chi connectivity index (χ4v) is 6.47. The van der Waals surface area contributed by atoms with Crippen molar-refractivity contribution >= 4 is 11.8 Å². The highest BCUT2D eigenvalue weighted by Crippen LogP contribution is 2.12. The zero-order valence-corrected chi connectivity index (χ0v) is 33.6. The quantitative estimate of drug-likeness (QED) is 0.0385. The summed E-state index contributed by atoms with van der Waals surface area (Å²) >= 11 is 0. The van der Waals surface area contributed by atoms with Gasteiger partial charge in [-0.15, -0.1) is 0 Å². The molecule has 0 unspecified atom stereocenters. The van der Waals surface area contributed by atoms with Crippen molar-refractivity contribution in [3.05, 3.63) is 24.3 Å². The molecule has 5 nitrogen and oxygen atoms in total. The molecule has 0 aliphatic heterocycles. The molecule has 2 N–H and O–H groups in total. The van der Waals surface area contributed by atoms with Gasteiger partial charge in [-0.25, -0.2) is 0 Å². The zero-order valence-electron chi connectivity index (χ0n) is 33.6. The molecule has 0 aromatic rings. The van der Waals surface area contributed by atoms with E-state index in [1.165, 1.54) is 141 Å². The van der Waals surface area contributed by atoms with E-state index >= 15 is 0 Å². The normalized spacial score (nSPS) is 12.0. The maximum Gasteiger partial charge on any atom is 0.219 e. The summed E-state index contributed by atoms with van der Waals surface area (Å²) in [6.07, 6.45) is 46.1. The summed E-state index contributed by atoms with van der Waals surface area (Å²) in [5, 5.41) is 6.25. The number of nitrogens with zero attached hydrogens (tertiary/aromatic N) is 1. The SMILES string of the molecule is CCCCCCCC/C=C\CCCCCCCC(=O)NCCC[N+](C)(C)CCCNC(=O)CCCCCCC/C=C/CCCCCCCC. The molecule has 0 aromatic heterocycles. The Kier molecular flexibility index (Phi) is 36.4. The van der Waals surface area contributed by atoms with Gasteiger partial charge in [0.1, 0.15) is 0 Å². The summed E-state index contributed by atoms with van der Waals surface area (Å²) in [6.45, 7) is 8.15. The highest BCUT2D eigenvalue weighted by atomic mass is 16.2. The van der Waals surface area contributed by atoms with Gasteiger partial charge >= 0.3 is 0 Å². The molecule has 0 aliphatic rings. The van der Waals surface area contributed by atoms with Crippen LogP contribution >= 0.6 is 0 Å². The van der Waals surface area contributed by atoms with Gasteiger partial charge in [0, 0.05) is 38.8 Å². The molecular formula is C44H86N3O2+. The van der Waals surface area contributed by atoms with Crippen LogP contribution in [0.25, 0.3) is 0 Å². The van der Waals surface area contributed by atoms with Crippen LogP contribution in [0, 0.1) is 0 Å². The molecule has 0 bridgehead atoms. The van der Waals surface area contributed by atoms with Crippen molar-refractivity contribution in [3.8, 4) is 0 Å². The van der Waals surface area contributed by atoms with Gasteiger partial charge in [-0.05, 0) is 64.2 Å². The molecule has 288 valence electrons. The lowest BCUT2D eigenvalue weighted by atomic mass is 10.1. The molecule has 0 rings (SSSR count). The molecule has 0 fully saturated rings. The average Bonchev–Trinajstić information content (AvgIpc) is 3.08. The molecule has 2 amide bonds. The molecule has 0 radical (unpaired) electrons. The predicted octanol–water partition coefficient (Wildman–Crippen LogP) is 12.2. The van der Waals surface area contributed by atoms with E-state index in [2.05, 4.69) is 62.9 Å². The molecule has 0 aromatic carbocycles. The Balaban J connectivity index is 3.52. The molecule has 0 atom stereocenters. The minimum absolute atomic E-state index is 0.205. The van der Waals surface area contributed by atoms with Gasteiger partial charge in [0.2, 0.25) is 11.8 Å². The van der Waals surface area contributed by atoms with E-state index in [-0.39, 0.29) is 11.8 Å². The molecule has 5 heteroatoms. The molecular weight excluding hydrogens is 603 g/mol. The fraction of sp³-hybridized carbons (Fsp3) is 0.864. The summed E-state index contributed by atoms with van der Waals surface area (Å²) < 4.78 is 0.925. The van der Waals surface area contributed by atoms with E-state index in [0.717, 1.165) is 69.2 Å². The number of quaternary nitrogens is 1. The van der Waals surface area contributed by atoms with Gasteiger partial charge in [0.25, 0.3) is 0 Å². The Morgan fingerprint density at radius 2 is 0.694 bits per heavy atom. The number of allylic oxidation sites excluding steroid dienone is 4. The van der Waals surface area contributed by atoms with Crippen LogP contribution in [0.5, 0.6) is 0 Å². The van der Waals surface area contributed by atoms with Crippen molar-refractivity contribution in [2.45, 2.75) is 206 Å². The number of rotatable bonds is 38. The van der Waals surface area contributed by atoms with Crippen molar-refractivity contribution in [3.63, 3.8) is 0 Å². The lowest BCUT2D eigenvalue weighted by molar-refractivity contribution is -0.890. The summed E-state index contributed by atoms with van der Waals surface area (Å²) in [4.78, 5) is 24.5. The summed E-state index contributed by atoms with van der Waals surface area (Å²) in [6, 6.07) is 0. The standard InChI is InChI=1S/C44H85N3O2/c1-5-7-9-11-13-15-17-19-21-23-25-27-29-31-33-37-43(48)45-39-35-41-47(3,4)42-36-40-46-44(49)38-34-32-30-28-26-24-22-20-18-16-14-12-10-8-6-2/h19-22H,5-18,23-42H2,1-4H3,(H-,45,46,48,49)/p+1/b21-19-,22-20+. The van der Waals surface area contributed by atoms with Crippen LogP contribution in [-0.2, 0) is 9.59 Å². The van der Waals surface area contributed by atoms with Crippen molar-refractivity contribution in [2.24, 2.45) is 0 Å². The van der Waals surface area contributed by atoms with Crippen LogP contribution in [0.1, 0.15) is 206 Å². The molecule has 49 heavy (non-hydrogen) atoms. The van der Waals surface area contributed by atoms with Crippen LogP contribution < -0.4 is 10.6 Å². The van der Waals surface area contributed by atoms with Gasteiger partial charge in [-0.2, -0.15) is 0 Å². The van der Waals surface area contributed by atoms with Crippen LogP contribution in [-0.4, -0.2) is 56.6 Å². The smallest absolute Gasteiger partial charge is 0.219 e. The van der Waals surface area contributed by atoms with E-state index in [1.807, 2.05) is 0 Å². The fourth-order valence-electron chi connectivity index (χ4n) is 6.47. The van der Waals surface area contributed by atoms with Gasteiger partial charge < -0.3 is 15.1 Å². The minimum atomic E-state index is 0.205. The maximum atomic E-state index is 12.2. The Morgan fingerprint density at radius 1 is 0.408 bits per heavy atom. The first-order valence-corrected chi connectivity index (χ1v) is 21.6. The van der Waals surface area contributed by atoms with E-state index in [1.54, 1.807) is 0 Å². The van der Waals surface area contributed by atoms with Crippen LogP contribution in [0.4, 0.5) is 0 Å². The van der Waals surface area contributed by atoms with E-state index in [9.17, 15) is 9.59 Å². The number of carbonyl (C=O) groups excluding carboxylic acids is 2. The average molecular weight is 689 g/mol. The van der Waals surface area contributed by atoms with E-state index in [4.69, 9.17) is 0 Å². The molecule has 0 saturated carbocycles. The highest BCUT2D eigenvalue weighted by Gasteiger charge is 2.14. The third kappa shape index (κ3) is 39.0. The lowest BCUT2D eigenvalue weighted by Crippen LogP contribution is -2.43. The van der Waals surface area contributed by atoms with Crippen molar-refractivity contribution in [1.29, 1.82) is 0 Å². The first kappa shape index (κ1) is 47.4. The maximum absolute atomic E-state index is 12.2. The largest absolute Gasteiger partial charge is 0.356 e. The van der Waals surface area contributed by atoms with Gasteiger partial charge in [-0.1, -0.05) is 141 Å². The third-order valence-corrected chi connectivity index (χ3v) is 9.86. The van der Waals surface area contributed by atoms with Crippen LogP contribution in [0.15, 0.2) is 24.3 Å². The van der Waals surface area contributed by atoms with Gasteiger partial charge in [-0.3, -0.25) is 9.59 Å². The second-order valence-electron chi connectivity index (χ2n) is 15.5. The van der Waals surface area contributed by atoms with Gasteiger partial charge in [0.15, 0.2) is 0 Å². The zero-order chi connectivity index (χ0) is 35.9. The van der Waals surface area contributed by atoms with E-state index in [0.29, 0.717) is 12.8 Å². The minimum Gasteiger partial charge on any atom is -0.356 e. The molecule has 0 aliphatic carbocycles. The summed E-state index contributed by atoms with van der Waals surface area (Å²) in [7, 11) is 4.50. The van der Waals surface area contributed by atoms with E-state index < -0.39 is 0 Å². The molecule has 0 saturated heterocycles. The lowest BCUT2D eigenvalue weighted by Gasteiger charge is -2.30. The van der Waals surface area contributed by atoms with Crippen LogP contribution in [0.2, 0.25) is 0 Å². The first-order valence-electron chi connectivity index (χ1n) is 21.6. The monoisotopic (exact) mass is 689 g/mol. The summed E-state index contributed by atoms with van der Waals surface area (Å²) in [5.74, 6) is 0.411. The number of carbonyl (C=O) groups is 2. The Bertz CT molecular complexity index is 714. The topological polar surface area (TPSA) is 58.2 Å². The molecule has 0 spiro atoms. The molecule has 0 heterocycles. The Labute approximate surface area is 306 Å². The van der Waals surface area contributed by atoms with Crippen molar-refractivity contribution in [1.82, 2.24) is 10.6 Å². The second-order valence-corrected chi connectivity index (χ2v) is 15.5. The van der Waals surface area contributed by atoms with Gasteiger partial charge in [0.05, 0.1) is 27.2 Å². The number of nitrogens with one attached hydrogen (secondary N) is 2. The van der Waals surface area contributed by atoms with Crippen molar-refractivity contribution in [2.75, 3.05) is 40.3 Å². The first-order chi connectivity index (χ1) is 23.9. The van der Waals surface area contributed by atoms with Crippen LogP contribution in [0.3, 0.4) is 0 Å². The second kappa shape index (κ2) is 37.6. The number of hydrogen-bond acceptors (Lipinski definition) is 2. The third-order valence-electron chi connectivity index (χ3n) is 9.86. The number of hydrogen-bond donors (Lipinski definition) is 2. The summed E-state index contributed by atoms with van der Waals surface area (Å²) in [5.41, 5.74) is 0.